The fourth-order valence-corrected chi connectivity index (χ4v) is 6.39. The number of esters is 1. The molecule has 0 spiro atoms. The van der Waals surface area contributed by atoms with Gasteiger partial charge in [-0.1, -0.05) is 60.2 Å². The molecule has 2 unspecified atom stereocenters. The molecule has 3 atom stereocenters. The maximum atomic E-state index is 13.6. The number of aryl methyl sites for hydroxylation is 1. The minimum absolute atomic E-state index is 0. The van der Waals surface area contributed by atoms with E-state index in [1.54, 1.807) is 30.3 Å². The van der Waals surface area contributed by atoms with Crippen LogP contribution in [0, 0.1) is 6.92 Å². The number of ether oxygens (including phenoxy) is 1. The number of carbonyl (C=O) groups is 6. The molecule has 234 valence electrons. The Bertz CT molecular complexity index is 1620. The summed E-state index contributed by atoms with van der Waals surface area (Å²) in [4.78, 5) is 78.0. The Morgan fingerprint density at radius 1 is 1.11 bits per heavy atom. The van der Waals surface area contributed by atoms with Crippen LogP contribution in [0.15, 0.2) is 71.0 Å². The number of fused-ring (bicyclic) bond motifs is 1. The van der Waals surface area contributed by atoms with Gasteiger partial charge >= 0.3 is 47.6 Å². The number of carboxylic acids is 1. The zero-order chi connectivity index (χ0) is 32.2. The molecule has 2 aromatic carbocycles. The van der Waals surface area contributed by atoms with E-state index in [1.807, 2.05) is 31.2 Å². The van der Waals surface area contributed by atoms with Crippen LogP contribution in [-0.4, -0.2) is 93.7 Å². The molecule has 6 amide bonds. The molecule has 2 saturated heterocycles. The van der Waals surface area contributed by atoms with Gasteiger partial charge in [-0.2, -0.15) is 5.10 Å². The second kappa shape index (κ2) is 14.9. The van der Waals surface area contributed by atoms with Gasteiger partial charge < -0.3 is 25.3 Å². The molecule has 2 N–H and O–H groups in total. The predicted molar refractivity (Wildman–Crippen MR) is 159 cm³/mol. The van der Waals surface area contributed by atoms with E-state index < -0.39 is 59.0 Å². The normalized spacial score (nSPS) is 19.7. The number of nitrogens with zero attached hydrogens (tertiary/aromatic N) is 4. The van der Waals surface area contributed by atoms with Gasteiger partial charge in [-0.3, -0.25) is 19.3 Å². The Labute approximate surface area is 290 Å². The van der Waals surface area contributed by atoms with Crippen molar-refractivity contribution in [1.29, 1.82) is 0 Å². The maximum Gasteiger partial charge on any atom is 1.00 e. The third-order valence-electron chi connectivity index (χ3n) is 7.27. The molecule has 3 heterocycles. The average molecular weight is 657 g/mol. The fourth-order valence-electron chi connectivity index (χ4n) is 5.06. The van der Waals surface area contributed by atoms with E-state index in [1.165, 1.54) is 24.9 Å². The summed E-state index contributed by atoms with van der Waals surface area (Å²) in [5.74, 6) is -3.54. The molecule has 0 aliphatic carbocycles. The Hall–Kier alpha value is -4.18. The first-order valence-electron chi connectivity index (χ1n) is 13.9. The van der Waals surface area contributed by atoms with E-state index >= 15 is 0 Å². The van der Waals surface area contributed by atoms with Gasteiger partial charge in [0.15, 0.2) is 0 Å². The van der Waals surface area contributed by atoms with Crippen LogP contribution >= 0.6 is 11.8 Å². The zero-order valence-electron chi connectivity index (χ0n) is 25.3. The standard InChI is InChI=1S/C30H30N6O8S.Na/c1-17-7-6-8-19(13-17)14-31-35-12-11-34(30(35)43)29(42)33-22(20-9-4-3-5-10-20)25(38)32-23-26(39)36-24(28(40)41)21(15-44-18(2)37)16-45-27(23)36;/h3-10,13-14,22-23,27H,11-12,15-16H2,1-2H3,(H,32,38)(H,33,42)(H,40,41);/q;+1/p-1/t22?,23?,27-;/m0./s1. The summed E-state index contributed by atoms with van der Waals surface area (Å²) in [6.07, 6.45) is 1.52. The molecule has 0 bridgehead atoms. The van der Waals surface area contributed by atoms with Crippen molar-refractivity contribution >= 4 is 53.8 Å². The molecule has 46 heavy (non-hydrogen) atoms. The molecular formula is C30H29N6NaO8S. The van der Waals surface area contributed by atoms with Crippen molar-refractivity contribution in [1.82, 2.24) is 25.4 Å². The summed E-state index contributed by atoms with van der Waals surface area (Å²) in [6.45, 7) is 2.97. The van der Waals surface area contributed by atoms with Gasteiger partial charge in [-0.05, 0) is 18.1 Å². The number of β-lactam (4-membered cyclic amide) rings is 1. The summed E-state index contributed by atoms with van der Waals surface area (Å²) in [7, 11) is 0. The average Bonchev–Trinajstić information content (AvgIpc) is 3.39. The predicted octanol–water partition coefficient (Wildman–Crippen LogP) is -2.51. The van der Waals surface area contributed by atoms with Crippen LogP contribution in [0.4, 0.5) is 9.59 Å². The van der Waals surface area contributed by atoms with Crippen molar-refractivity contribution in [2.45, 2.75) is 31.3 Å². The third kappa shape index (κ3) is 7.44. The summed E-state index contributed by atoms with van der Waals surface area (Å²) < 4.78 is 4.92. The number of carboxylic acid groups (broad SMARTS) is 1. The molecule has 0 radical (unpaired) electrons. The summed E-state index contributed by atoms with van der Waals surface area (Å²) in [6, 6.07) is 11.9. The molecule has 0 saturated carbocycles. The van der Waals surface area contributed by atoms with Crippen molar-refractivity contribution < 1.29 is 68.2 Å². The third-order valence-corrected chi connectivity index (χ3v) is 8.61. The Balaban J connectivity index is 0.00000480. The zero-order valence-corrected chi connectivity index (χ0v) is 28.1. The molecule has 14 nitrogen and oxygen atoms in total. The topological polar surface area (TPSA) is 181 Å². The summed E-state index contributed by atoms with van der Waals surface area (Å²) >= 11 is 1.18. The van der Waals surface area contributed by atoms with Crippen LogP contribution in [0.5, 0.6) is 0 Å². The number of benzene rings is 2. The first-order valence-corrected chi connectivity index (χ1v) is 15.0. The number of hydrogen-bond acceptors (Lipinski definition) is 10. The fraction of sp³-hybridized carbons (Fsp3) is 0.300. The number of carbonyl (C=O) groups excluding carboxylic acids is 6. The van der Waals surface area contributed by atoms with Gasteiger partial charge in [0.1, 0.15) is 24.1 Å². The Kier molecular flexibility index (Phi) is 11.3. The summed E-state index contributed by atoms with van der Waals surface area (Å²) in [5, 5.41) is 21.7. The SMILES string of the molecule is CC(=O)OCC1=C(C(=O)[O-])N2C(=O)C(NC(=O)C(NC(=O)N3CCN(N=Cc4cccc(C)c4)C3=O)c3ccccc3)[C@@H]2SC1.[Na+]. The van der Waals surface area contributed by atoms with Gasteiger partial charge in [-0.15, -0.1) is 11.8 Å². The maximum absolute atomic E-state index is 13.6. The van der Waals surface area contributed by atoms with Crippen LogP contribution < -0.4 is 45.3 Å². The molecule has 5 rings (SSSR count). The van der Waals surface area contributed by atoms with E-state index in [9.17, 15) is 33.9 Å². The van der Waals surface area contributed by atoms with Crippen molar-refractivity contribution in [3.63, 3.8) is 0 Å². The summed E-state index contributed by atoms with van der Waals surface area (Å²) in [5.41, 5.74) is 2.01. The Morgan fingerprint density at radius 3 is 2.52 bits per heavy atom. The minimum atomic E-state index is -1.61. The molecular weight excluding hydrogens is 627 g/mol. The van der Waals surface area contributed by atoms with Crippen molar-refractivity contribution in [2.24, 2.45) is 5.10 Å². The van der Waals surface area contributed by atoms with Crippen molar-refractivity contribution in [2.75, 3.05) is 25.4 Å². The van der Waals surface area contributed by atoms with Crippen molar-refractivity contribution in [3.05, 3.63) is 82.6 Å². The van der Waals surface area contributed by atoms with Crippen LogP contribution in [0.2, 0.25) is 0 Å². The van der Waals surface area contributed by atoms with Gasteiger partial charge in [0.2, 0.25) is 5.91 Å². The number of hydrogen-bond donors (Lipinski definition) is 2. The second-order valence-corrected chi connectivity index (χ2v) is 11.5. The second-order valence-electron chi connectivity index (χ2n) is 10.4. The molecule has 3 aliphatic rings. The van der Waals surface area contributed by atoms with Gasteiger partial charge in [0, 0.05) is 18.2 Å². The van der Waals surface area contributed by atoms with Crippen LogP contribution in [0.1, 0.15) is 29.7 Å². The molecule has 2 fully saturated rings. The van der Waals surface area contributed by atoms with E-state index in [4.69, 9.17) is 4.74 Å². The number of thioether (sulfide) groups is 1. The number of hydrazone groups is 1. The van der Waals surface area contributed by atoms with E-state index in [2.05, 4.69) is 15.7 Å². The molecule has 16 heteroatoms. The number of rotatable bonds is 9. The number of aliphatic carboxylic acids is 1. The number of urea groups is 2. The smallest absolute Gasteiger partial charge is 0.543 e. The first kappa shape index (κ1) is 34.7. The number of nitrogens with one attached hydrogen (secondary N) is 2. The quantitative estimate of drug-likeness (QED) is 0.128. The molecule has 0 aromatic heterocycles. The molecule has 3 aliphatic heterocycles. The molecule has 2 aromatic rings. The van der Waals surface area contributed by atoms with Gasteiger partial charge in [0.25, 0.3) is 5.91 Å². The number of amides is 6. The van der Waals surface area contributed by atoms with Crippen LogP contribution in [0.3, 0.4) is 0 Å². The van der Waals surface area contributed by atoms with Gasteiger partial charge in [-0.25, -0.2) is 19.5 Å². The van der Waals surface area contributed by atoms with E-state index in [0.29, 0.717) is 5.56 Å². The number of imide groups is 1. The minimum Gasteiger partial charge on any atom is -0.543 e. The van der Waals surface area contributed by atoms with E-state index in [0.717, 1.165) is 25.9 Å². The van der Waals surface area contributed by atoms with E-state index in [-0.39, 0.29) is 60.6 Å². The first-order chi connectivity index (χ1) is 21.5. The van der Waals surface area contributed by atoms with Crippen LogP contribution in [0.25, 0.3) is 0 Å². The largest absolute Gasteiger partial charge is 1.00 e. The Morgan fingerprint density at radius 2 is 1.85 bits per heavy atom. The monoisotopic (exact) mass is 656 g/mol. The van der Waals surface area contributed by atoms with Crippen LogP contribution in [-0.2, 0) is 23.9 Å². The van der Waals surface area contributed by atoms with Gasteiger partial charge in [0.05, 0.1) is 31.0 Å². The van der Waals surface area contributed by atoms with Crippen molar-refractivity contribution in [3.8, 4) is 0 Å².